The van der Waals surface area contributed by atoms with Gasteiger partial charge in [0, 0.05) is 18.0 Å². The van der Waals surface area contributed by atoms with E-state index in [0.717, 1.165) is 19.3 Å². The summed E-state index contributed by atoms with van der Waals surface area (Å²) in [5, 5.41) is 6.00. The molecule has 0 aromatic heterocycles. The first-order chi connectivity index (χ1) is 11.4. The summed E-state index contributed by atoms with van der Waals surface area (Å²) >= 11 is 5.93. The van der Waals surface area contributed by atoms with Crippen molar-refractivity contribution in [1.29, 1.82) is 0 Å². The molecular weight excluding hydrogens is 365 g/mol. The first-order valence-electron chi connectivity index (χ1n) is 8.15. The van der Waals surface area contributed by atoms with Gasteiger partial charge in [-0.2, -0.15) is 0 Å². The molecule has 1 aromatic carbocycles. The molecule has 0 heterocycles. The van der Waals surface area contributed by atoms with Crippen molar-refractivity contribution < 1.29 is 14.3 Å². The van der Waals surface area contributed by atoms with Crippen molar-refractivity contribution in [3.8, 4) is 5.75 Å². The maximum atomic E-state index is 12.2. The number of benzene rings is 1. The van der Waals surface area contributed by atoms with Crippen molar-refractivity contribution >= 4 is 41.5 Å². The van der Waals surface area contributed by atoms with Gasteiger partial charge in [0.1, 0.15) is 5.75 Å². The standard InChI is InChI=1S/C17H24ClN3O3.ClH/c1-24-14-6-5-12(18)11-13(14)21-15(22)7-10-20-16(23)17(19)8-3-2-4-9-17;/h5-6,11H,2-4,7-10,19H2,1H3,(H,20,23)(H,21,22);1H. The Balaban J connectivity index is 0.00000312. The second-order valence-corrected chi connectivity index (χ2v) is 6.55. The SMILES string of the molecule is COc1ccc(Cl)cc1NC(=O)CCNC(=O)C1(N)CCCCC1.Cl. The van der Waals surface area contributed by atoms with Gasteiger partial charge in [0.15, 0.2) is 0 Å². The van der Waals surface area contributed by atoms with Gasteiger partial charge < -0.3 is 21.1 Å². The second-order valence-electron chi connectivity index (χ2n) is 6.12. The summed E-state index contributed by atoms with van der Waals surface area (Å²) in [6, 6.07) is 4.98. The number of nitrogens with one attached hydrogen (secondary N) is 2. The number of hydrogen-bond acceptors (Lipinski definition) is 4. The summed E-state index contributed by atoms with van der Waals surface area (Å²) in [6.45, 7) is 0.243. The molecule has 0 saturated heterocycles. The Hall–Kier alpha value is -1.50. The van der Waals surface area contributed by atoms with E-state index < -0.39 is 5.54 Å². The molecule has 140 valence electrons. The minimum absolute atomic E-state index is 0. The molecule has 0 spiro atoms. The van der Waals surface area contributed by atoms with Gasteiger partial charge in [0.05, 0.1) is 18.3 Å². The number of anilines is 1. The number of ether oxygens (including phenoxy) is 1. The Morgan fingerprint density at radius 2 is 1.96 bits per heavy atom. The van der Waals surface area contributed by atoms with Crippen molar-refractivity contribution in [2.24, 2.45) is 5.73 Å². The van der Waals surface area contributed by atoms with Gasteiger partial charge in [-0.05, 0) is 31.0 Å². The van der Waals surface area contributed by atoms with E-state index in [1.165, 1.54) is 7.11 Å². The van der Waals surface area contributed by atoms with Crippen molar-refractivity contribution in [3.05, 3.63) is 23.2 Å². The fraction of sp³-hybridized carbons (Fsp3) is 0.529. The van der Waals surface area contributed by atoms with Crippen LogP contribution in [0.25, 0.3) is 0 Å². The zero-order chi connectivity index (χ0) is 17.6. The lowest BCUT2D eigenvalue weighted by Crippen LogP contribution is -2.55. The Bertz CT molecular complexity index is 605. The van der Waals surface area contributed by atoms with Crippen molar-refractivity contribution in [2.45, 2.75) is 44.1 Å². The Labute approximate surface area is 159 Å². The van der Waals surface area contributed by atoms with E-state index in [1.807, 2.05) is 0 Å². The first kappa shape index (κ1) is 21.5. The average Bonchev–Trinajstić information content (AvgIpc) is 2.55. The number of carbonyl (C=O) groups excluding carboxylic acids is 2. The van der Waals surface area contributed by atoms with E-state index in [9.17, 15) is 9.59 Å². The molecule has 8 heteroatoms. The van der Waals surface area contributed by atoms with Crippen molar-refractivity contribution in [1.82, 2.24) is 5.32 Å². The monoisotopic (exact) mass is 389 g/mol. The van der Waals surface area contributed by atoms with Crippen LogP contribution in [0.15, 0.2) is 18.2 Å². The number of rotatable bonds is 6. The third-order valence-electron chi connectivity index (χ3n) is 4.27. The largest absolute Gasteiger partial charge is 0.495 e. The van der Waals surface area contributed by atoms with Gasteiger partial charge in [-0.25, -0.2) is 0 Å². The smallest absolute Gasteiger partial charge is 0.240 e. The third-order valence-corrected chi connectivity index (χ3v) is 4.51. The van der Waals surface area contributed by atoms with Crippen molar-refractivity contribution in [3.63, 3.8) is 0 Å². The van der Waals surface area contributed by atoms with Crippen LogP contribution < -0.4 is 21.1 Å². The van der Waals surface area contributed by atoms with Gasteiger partial charge in [-0.3, -0.25) is 9.59 Å². The molecule has 2 rings (SSSR count). The number of amides is 2. The Morgan fingerprint density at radius 1 is 1.28 bits per heavy atom. The summed E-state index contributed by atoms with van der Waals surface area (Å²) in [5.74, 6) is 0.126. The van der Waals surface area contributed by atoms with Crippen LogP contribution >= 0.6 is 24.0 Å². The number of halogens is 2. The molecular formula is C17H25Cl2N3O3. The predicted octanol–water partition coefficient (Wildman–Crippen LogP) is 2.88. The van der Waals surface area contributed by atoms with Crippen LogP contribution in [-0.4, -0.2) is 31.0 Å². The number of methoxy groups -OCH3 is 1. The molecule has 4 N–H and O–H groups in total. The van der Waals surface area contributed by atoms with E-state index in [0.29, 0.717) is 29.3 Å². The van der Waals surface area contributed by atoms with Gasteiger partial charge >= 0.3 is 0 Å². The Morgan fingerprint density at radius 3 is 2.60 bits per heavy atom. The van der Waals surface area contributed by atoms with Crippen molar-refractivity contribution in [2.75, 3.05) is 19.0 Å². The van der Waals surface area contributed by atoms with Gasteiger partial charge in [-0.15, -0.1) is 12.4 Å². The van der Waals surface area contributed by atoms with Crippen LogP contribution in [0.2, 0.25) is 5.02 Å². The van der Waals surface area contributed by atoms with E-state index >= 15 is 0 Å². The summed E-state index contributed by atoms with van der Waals surface area (Å²) in [7, 11) is 1.52. The van der Waals surface area contributed by atoms with E-state index in [-0.39, 0.29) is 37.2 Å². The summed E-state index contributed by atoms with van der Waals surface area (Å²) in [6.07, 6.45) is 4.61. The molecule has 6 nitrogen and oxygen atoms in total. The highest BCUT2D eigenvalue weighted by atomic mass is 35.5. The minimum atomic E-state index is -0.787. The molecule has 0 atom stereocenters. The second kappa shape index (κ2) is 9.85. The van der Waals surface area contributed by atoms with Gasteiger partial charge in [0.25, 0.3) is 0 Å². The summed E-state index contributed by atoms with van der Waals surface area (Å²) < 4.78 is 5.18. The van der Waals surface area contributed by atoms with E-state index in [1.54, 1.807) is 18.2 Å². The highest BCUT2D eigenvalue weighted by Gasteiger charge is 2.34. The third kappa shape index (κ3) is 6.06. The zero-order valence-electron chi connectivity index (χ0n) is 14.3. The summed E-state index contributed by atoms with van der Waals surface area (Å²) in [4.78, 5) is 24.2. The molecule has 0 bridgehead atoms. The Kier molecular flexibility index (Phi) is 8.48. The maximum Gasteiger partial charge on any atom is 0.240 e. The quantitative estimate of drug-likeness (QED) is 0.696. The van der Waals surface area contributed by atoms with Crippen LogP contribution in [0, 0.1) is 0 Å². The predicted molar refractivity (Wildman–Crippen MR) is 102 cm³/mol. The van der Waals surface area contributed by atoms with E-state index in [4.69, 9.17) is 22.1 Å². The van der Waals surface area contributed by atoms with Crippen LogP contribution in [0.1, 0.15) is 38.5 Å². The van der Waals surface area contributed by atoms with Crippen LogP contribution in [0.4, 0.5) is 5.69 Å². The lowest BCUT2D eigenvalue weighted by Gasteiger charge is -2.31. The van der Waals surface area contributed by atoms with Crippen LogP contribution in [-0.2, 0) is 9.59 Å². The lowest BCUT2D eigenvalue weighted by molar-refractivity contribution is -0.127. The molecule has 0 unspecified atom stereocenters. The molecule has 1 aromatic rings. The summed E-state index contributed by atoms with van der Waals surface area (Å²) in [5.41, 5.74) is 5.87. The lowest BCUT2D eigenvalue weighted by atomic mass is 9.82. The highest BCUT2D eigenvalue weighted by molar-refractivity contribution is 6.31. The van der Waals surface area contributed by atoms with Crippen LogP contribution in [0.5, 0.6) is 5.75 Å². The molecule has 1 aliphatic carbocycles. The minimum Gasteiger partial charge on any atom is -0.495 e. The molecule has 1 fully saturated rings. The molecule has 1 saturated carbocycles. The molecule has 2 amide bonds. The average molecular weight is 390 g/mol. The number of carbonyl (C=O) groups is 2. The van der Waals surface area contributed by atoms with Gasteiger partial charge in [0.2, 0.25) is 11.8 Å². The molecule has 1 aliphatic rings. The molecule has 0 aliphatic heterocycles. The zero-order valence-corrected chi connectivity index (χ0v) is 15.8. The first-order valence-corrected chi connectivity index (χ1v) is 8.53. The van der Waals surface area contributed by atoms with E-state index in [2.05, 4.69) is 10.6 Å². The van der Waals surface area contributed by atoms with Gasteiger partial charge in [-0.1, -0.05) is 30.9 Å². The van der Waals surface area contributed by atoms with Crippen LogP contribution in [0.3, 0.4) is 0 Å². The topological polar surface area (TPSA) is 93.5 Å². The molecule has 25 heavy (non-hydrogen) atoms. The number of nitrogens with two attached hydrogens (primary N) is 1. The molecule has 0 radical (unpaired) electrons. The number of hydrogen-bond donors (Lipinski definition) is 3. The highest BCUT2D eigenvalue weighted by Crippen LogP contribution is 2.28. The fourth-order valence-corrected chi connectivity index (χ4v) is 3.04. The normalized spacial score (nSPS) is 15.6. The fourth-order valence-electron chi connectivity index (χ4n) is 2.87. The maximum absolute atomic E-state index is 12.2.